The van der Waals surface area contributed by atoms with Crippen LogP contribution in [0.1, 0.15) is 17.5 Å². The van der Waals surface area contributed by atoms with E-state index in [0.717, 1.165) is 33.3 Å². The molecule has 4 heteroatoms. The fraction of sp³-hybridized carbons (Fsp3) is 0.182. The number of rotatable bonds is 3. The summed E-state index contributed by atoms with van der Waals surface area (Å²) in [7, 11) is 4.05. The number of anilines is 1. The second kappa shape index (κ2) is 6.30. The molecule has 0 bridgehead atoms. The summed E-state index contributed by atoms with van der Waals surface area (Å²) < 4.78 is 0. The summed E-state index contributed by atoms with van der Waals surface area (Å²) in [6.07, 6.45) is 0.340. The van der Waals surface area contributed by atoms with Gasteiger partial charge in [-0.3, -0.25) is 4.79 Å². The highest BCUT2D eigenvalue weighted by Gasteiger charge is 2.16. The number of aromatic amines is 1. The van der Waals surface area contributed by atoms with Gasteiger partial charge in [-0.05, 0) is 41.8 Å². The quantitative estimate of drug-likeness (QED) is 0.795. The number of nitrogens with zero attached hydrogens (tertiary/aromatic N) is 2. The van der Waals surface area contributed by atoms with Crippen molar-refractivity contribution in [2.75, 3.05) is 19.0 Å². The lowest BCUT2D eigenvalue weighted by molar-refractivity contribution is -0.117. The molecule has 0 aliphatic carbocycles. The molecule has 0 fully saturated rings. The van der Waals surface area contributed by atoms with Crippen molar-refractivity contribution >= 4 is 17.2 Å². The van der Waals surface area contributed by atoms with Gasteiger partial charge in [-0.1, -0.05) is 42.0 Å². The molecular weight excluding hydrogens is 322 g/mol. The molecule has 1 aliphatic heterocycles. The first-order valence-corrected chi connectivity index (χ1v) is 8.70. The van der Waals surface area contributed by atoms with Crippen LogP contribution in [0.25, 0.3) is 16.8 Å². The Morgan fingerprint density at radius 1 is 0.962 bits per heavy atom. The summed E-state index contributed by atoms with van der Waals surface area (Å²) in [6, 6.07) is 18.7. The van der Waals surface area contributed by atoms with E-state index >= 15 is 0 Å². The summed E-state index contributed by atoms with van der Waals surface area (Å²) >= 11 is 0. The third-order valence-electron chi connectivity index (χ3n) is 4.78. The zero-order chi connectivity index (χ0) is 18.3. The van der Waals surface area contributed by atoms with E-state index in [-0.39, 0.29) is 5.91 Å². The van der Waals surface area contributed by atoms with Crippen molar-refractivity contribution in [3.05, 3.63) is 76.4 Å². The van der Waals surface area contributed by atoms with Gasteiger partial charge in [0.1, 0.15) is 5.49 Å². The maximum atomic E-state index is 12.1. The first kappa shape index (κ1) is 16.3. The van der Waals surface area contributed by atoms with Crippen LogP contribution in [0, 0.1) is 6.92 Å². The molecule has 1 N–H and O–H groups in total. The molecule has 4 rings (SSSR count). The second-order valence-corrected chi connectivity index (χ2v) is 6.91. The van der Waals surface area contributed by atoms with Gasteiger partial charge in [0.05, 0.1) is 6.42 Å². The Morgan fingerprint density at radius 3 is 2.27 bits per heavy atom. The summed E-state index contributed by atoms with van der Waals surface area (Å²) in [5, 5.41) is 1.01. The van der Waals surface area contributed by atoms with Gasteiger partial charge in [0.25, 0.3) is 5.91 Å². The van der Waals surface area contributed by atoms with Crippen molar-refractivity contribution < 1.29 is 4.79 Å². The molecule has 1 aromatic heterocycles. The number of carbonyl (C=O) groups is 1. The molecule has 0 atom stereocenters. The van der Waals surface area contributed by atoms with E-state index < -0.39 is 0 Å². The number of aryl methyl sites for hydroxylation is 1. The number of hydrogen-bond donors (Lipinski definition) is 1. The highest BCUT2D eigenvalue weighted by molar-refractivity contribution is 5.90. The van der Waals surface area contributed by atoms with Crippen LogP contribution in [0.4, 0.5) is 5.69 Å². The van der Waals surface area contributed by atoms with Gasteiger partial charge in [-0.2, -0.15) is 4.99 Å². The Hall–Kier alpha value is -3.14. The number of fused-ring (bicyclic) bond motifs is 1. The van der Waals surface area contributed by atoms with Crippen molar-refractivity contribution in [2.45, 2.75) is 13.3 Å². The van der Waals surface area contributed by atoms with Gasteiger partial charge in [-0.15, -0.1) is 0 Å². The van der Waals surface area contributed by atoms with Crippen LogP contribution in [0.15, 0.2) is 59.6 Å². The van der Waals surface area contributed by atoms with Gasteiger partial charge in [0.2, 0.25) is 0 Å². The molecule has 1 amide bonds. The van der Waals surface area contributed by atoms with Gasteiger partial charge in [-0.25, -0.2) is 0 Å². The number of benzene rings is 2. The molecule has 3 aromatic rings. The molecule has 2 heterocycles. The van der Waals surface area contributed by atoms with Crippen LogP contribution in [-0.4, -0.2) is 25.0 Å². The van der Waals surface area contributed by atoms with Crippen molar-refractivity contribution in [3.8, 4) is 11.3 Å². The highest BCUT2D eigenvalue weighted by atomic mass is 16.1. The third-order valence-corrected chi connectivity index (χ3v) is 4.78. The molecule has 0 saturated carbocycles. The minimum absolute atomic E-state index is 0.107. The van der Waals surface area contributed by atoms with Gasteiger partial charge >= 0.3 is 0 Å². The van der Waals surface area contributed by atoms with Gasteiger partial charge in [0.15, 0.2) is 0 Å². The summed E-state index contributed by atoms with van der Waals surface area (Å²) in [5.74, 6) is -0.107. The van der Waals surface area contributed by atoms with E-state index in [0.29, 0.717) is 11.9 Å². The number of carbonyl (C=O) groups excluding carboxylic acids is 1. The smallest absolute Gasteiger partial charge is 0.252 e. The molecule has 26 heavy (non-hydrogen) atoms. The minimum Gasteiger partial charge on any atom is -0.378 e. The van der Waals surface area contributed by atoms with Crippen LogP contribution in [0.3, 0.4) is 0 Å². The zero-order valence-corrected chi connectivity index (χ0v) is 15.2. The topological polar surface area (TPSA) is 48.5 Å². The van der Waals surface area contributed by atoms with Crippen LogP contribution < -0.4 is 15.6 Å². The Kier molecular flexibility index (Phi) is 3.96. The summed E-state index contributed by atoms with van der Waals surface area (Å²) in [6.45, 7) is 2.06. The predicted molar refractivity (Wildman–Crippen MR) is 105 cm³/mol. The van der Waals surface area contributed by atoms with Crippen molar-refractivity contribution in [1.29, 1.82) is 0 Å². The van der Waals surface area contributed by atoms with E-state index in [4.69, 9.17) is 0 Å². The number of nitrogens with one attached hydrogen (secondary N) is 1. The summed E-state index contributed by atoms with van der Waals surface area (Å²) in [5.41, 5.74) is 7.18. The fourth-order valence-electron chi connectivity index (χ4n) is 3.28. The second-order valence-electron chi connectivity index (χ2n) is 6.91. The first-order chi connectivity index (χ1) is 12.5. The maximum absolute atomic E-state index is 12.1. The molecule has 1 aliphatic rings. The Balaban J connectivity index is 1.86. The van der Waals surface area contributed by atoms with Crippen molar-refractivity contribution in [2.24, 2.45) is 4.99 Å². The lowest BCUT2D eigenvalue weighted by atomic mass is 9.98. The maximum Gasteiger partial charge on any atom is 0.252 e. The predicted octanol–water partition coefficient (Wildman–Crippen LogP) is 2.81. The number of hydrogen-bond acceptors (Lipinski definition) is 2. The zero-order valence-electron chi connectivity index (χ0n) is 15.2. The number of amides is 1. The average molecular weight is 343 g/mol. The molecular formula is C22H21N3O. The molecule has 0 saturated heterocycles. The van der Waals surface area contributed by atoms with Gasteiger partial charge in [0, 0.05) is 30.7 Å². The van der Waals surface area contributed by atoms with E-state index in [1.54, 1.807) is 0 Å². The van der Waals surface area contributed by atoms with E-state index in [1.165, 1.54) is 5.56 Å². The molecule has 0 unspecified atom stereocenters. The lowest BCUT2D eigenvalue weighted by Gasteiger charge is -2.12. The minimum atomic E-state index is -0.107. The molecule has 0 spiro atoms. The van der Waals surface area contributed by atoms with Crippen LogP contribution in [-0.2, 0) is 4.79 Å². The fourth-order valence-corrected chi connectivity index (χ4v) is 3.28. The first-order valence-electron chi connectivity index (χ1n) is 8.70. The molecule has 2 aromatic carbocycles. The van der Waals surface area contributed by atoms with Crippen molar-refractivity contribution in [1.82, 2.24) is 4.98 Å². The average Bonchev–Trinajstić information content (AvgIpc) is 3.05. The van der Waals surface area contributed by atoms with E-state index in [2.05, 4.69) is 76.4 Å². The highest BCUT2D eigenvalue weighted by Crippen LogP contribution is 2.21. The van der Waals surface area contributed by atoms with Crippen LogP contribution >= 0.6 is 0 Å². The van der Waals surface area contributed by atoms with Gasteiger partial charge < -0.3 is 9.88 Å². The Morgan fingerprint density at radius 2 is 1.62 bits per heavy atom. The van der Waals surface area contributed by atoms with Crippen molar-refractivity contribution in [3.63, 3.8) is 0 Å². The molecule has 4 nitrogen and oxygen atoms in total. The monoisotopic (exact) mass is 343 g/mol. The molecule has 0 radical (unpaired) electrons. The third kappa shape index (κ3) is 2.94. The SMILES string of the molecule is Cc1ccc(C2=c3cc(-c4ccc(N(C)C)cc4)[nH]c3=NC(=O)C2)cc1. The standard InChI is InChI=1S/C22H21N3O/c1-14-4-6-15(7-5-14)18-13-21(26)24-22-19(18)12-20(23-22)16-8-10-17(11-9-16)25(2)3/h4-12H,13H2,1-3H3,(H,23,24,26). The largest absolute Gasteiger partial charge is 0.378 e. The van der Waals surface area contributed by atoms with E-state index in [1.807, 2.05) is 14.1 Å². The Bertz CT molecular complexity index is 1090. The number of H-pyrrole nitrogens is 1. The molecule has 130 valence electrons. The van der Waals surface area contributed by atoms with Crippen LogP contribution in [0.2, 0.25) is 0 Å². The Labute approximate surface area is 152 Å². The van der Waals surface area contributed by atoms with E-state index in [9.17, 15) is 4.79 Å². The lowest BCUT2D eigenvalue weighted by Crippen LogP contribution is -2.31. The summed E-state index contributed by atoms with van der Waals surface area (Å²) in [4.78, 5) is 21.7. The normalized spacial score (nSPS) is 13.3. The van der Waals surface area contributed by atoms with Crippen LogP contribution in [0.5, 0.6) is 0 Å². The number of aromatic nitrogens is 1.